The van der Waals surface area contributed by atoms with Gasteiger partial charge in [0, 0.05) is 5.69 Å². The van der Waals surface area contributed by atoms with Crippen LogP contribution in [0, 0.1) is 12.8 Å². The number of hydrogen-bond acceptors (Lipinski definition) is 3. The highest BCUT2D eigenvalue weighted by atomic mass is 16.6. The number of ether oxygens (including phenoxy) is 1. The molecule has 1 saturated heterocycles. The molecular formula is C14H17NO3. The maximum absolute atomic E-state index is 12.1. The number of hydrogen-bond donors (Lipinski definition) is 1. The van der Waals surface area contributed by atoms with E-state index in [0.29, 0.717) is 0 Å². The van der Waals surface area contributed by atoms with E-state index in [0.717, 1.165) is 11.3 Å². The van der Waals surface area contributed by atoms with Crippen LogP contribution < -0.4 is 5.32 Å². The fourth-order valence-corrected chi connectivity index (χ4v) is 2.09. The number of aryl methyl sites for hydroxylation is 1. The Balaban J connectivity index is 2.08. The first-order valence-corrected chi connectivity index (χ1v) is 5.98. The van der Waals surface area contributed by atoms with E-state index >= 15 is 0 Å². The van der Waals surface area contributed by atoms with Gasteiger partial charge in [-0.05, 0) is 32.9 Å². The third-order valence-electron chi connectivity index (χ3n) is 3.22. The molecule has 1 atom stereocenters. The van der Waals surface area contributed by atoms with Gasteiger partial charge in [-0.25, -0.2) is 0 Å². The second-order valence-electron chi connectivity index (χ2n) is 5.19. The van der Waals surface area contributed by atoms with Crippen LogP contribution in [0.3, 0.4) is 0 Å². The summed E-state index contributed by atoms with van der Waals surface area (Å²) in [6, 6.07) is 7.55. The molecule has 4 heteroatoms. The van der Waals surface area contributed by atoms with Gasteiger partial charge in [0.05, 0.1) is 12.3 Å². The number of anilines is 1. The van der Waals surface area contributed by atoms with Crippen LogP contribution in [0.25, 0.3) is 0 Å². The van der Waals surface area contributed by atoms with Crippen LogP contribution >= 0.6 is 0 Å². The molecule has 4 nitrogen and oxygen atoms in total. The summed E-state index contributed by atoms with van der Waals surface area (Å²) in [4.78, 5) is 23.4. The molecule has 96 valence electrons. The molecular weight excluding hydrogens is 230 g/mol. The highest BCUT2D eigenvalue weighted by Gasteiger charge is 2.46. The minimum absolute atomic E-state index is 0.144. The molecule has 1 aromatic carbocycles. The number of nitrogens with one attached hydrogen (secondary N) is 1. The maximum atomic E-state index is 12.1. The summed E-state index contributed by atoms with van der Waals surface area (Å²) < 4.78 is 5.14. The Bertz CT molecular complexity index is 476. The molecule has 1 amide bonds. The van der Waals surface area contributed by atoms with Gasteiger partial charge in [-0.15, -0.1) is 0 Å². The quantitative estimate of drug-likeness (QED) is 0.816. The molecule has 0 spiro atoms. The highest BCUT2D eigenvalue weighted by Crippen LogP contribution is 2.33. The van der Waals surface area contributed by atoms with Gasteiger partial charge in [-0.2, -0.15) is 0 Å². The molecule has 0 aromatic heterocycles. The monoisotopic (exact) mass is 247 g/mol. The highest BCUT2D eigenvalue weighted by molar-refractivity contribution is 5.96. The van der Waals surface area contributed by atoms with Crippen molar-refractivity contribution in [1.82, 2.24) is 0 Å². The Hall–Kier alpha value is -1.84. The van der Waals surface area contributed by atoms with E-state index in [1.54, 1.807) is 13.8 Å². The van der Waals surface area contributed by atoms with E-state index < -0.39 is 11.5 Å². The molecule has 18 heavy (non-hydrogen) atoms. The van der Waals surface area contributed by atoms with E-state index in [4.69, 9.17) is 4.74 Å². The molecule has 1 heterocycles. The minimum Gasteiger partial charge on any atom is -0.459 e. The lowest BCUT2D eigenvalue weighted by Gasteiger charge is -2.23. The van der Waals surface area contributed by atoms with Crippen LogP contribution in [0.15, 0.2) is 24.3 Å². The molecule has 0 aliphatic carbocycles. The van der Waals surface area contributed by atoms with Gasteiger partial charge in [0.2, 0.25) is 5.91 Å². The van der Waals surface area contributed by atoms with E-state index in [1.165, 1.54) is 0 Å². The van der Waals surface area contributed by atoms with Crippen molar-refractivity contribution in [2.24, 2.45) is 5.92 Å². The van der Waals surface area contributed by atoms with Gasteiger partial charge in [0.15, 0.2) is 0 Å². The van der Waals surface area contributed by atoms with Crippen LogP contribution in [0.2, 0.25) is 0 Å². The molecule has 0 saturated carbocycles. The van der Waals surface area contributed by atoms with Gasteiger partial charge in [0.1, 0.15) is 5.60 Å². The standard InChI is InChI=1S/C14H17NO3/c1-9-4-6-10(7-5-9)15-13(17)11-8-12(16)18-14(11,2)3/h4-7,11H,8H2,1-3H3,(H,15,17). The van der Waals surface area contributed by atoms with Crippen LogP contribution in [0.4, 0.5) is 5.69 Å². The van der Waals surface area contributed by atoms with Crippen molar-refractivity contribution >= 4 is 17.6 Å². The van der Waals surface area contributed by atoms with Gasteiger partial charge in [-0.3, -0.25) is 9.59 Å². The van der Waals surface area contributed by atoms with Crippen LogP contribution in [-0.4, -0.2) is 17.5 Å². The molecule has 2 rings (SSSR count). The Morgan fingerprint density at radius 2 is 1.94 bits per heavy atom. The Morgan fingerprint density at radius 1 is 1.33 bits per heavy atom. The molecule has 1 N–H and O–H groups in total. The zero-order valence-electron chi connectivity index (χ0n) is 10.8. The first-order chi connectivity index (χ1) is 8.38. The van der Waals surface area contributed by atoms with Crippen molar-refractivity contribution in [3.8, 4) is 0 Å². The van der Waals surface area contributed by atoms with E-state index in [9.17, 15) is 9.59 Å². The van der Waals surface area contributed by atoms with Gasteiger partial charge in [0.25, 0.3) is 0 Å². The Labute approximate surface area is 106 Å². The third kappa shape index (κ3) is 2.53. The number of cyclic esters (lactones) is 1. The SMILES string of the molecule is Cc1ccc(NC(=O)C2CC(=O)OC2(C)C)cc1. The Morgan fingerprint density at radius 3 is 2.44 bits per heavy atom. The summed E-state index contributed by atoms with van der Waals surface area (Å²) in [6.45, 7) is 5.51. The van der Waals surface area contributed by atoms with Crippen LogP contribution in [-0.2, 0) is 14.3 Å². The predicted molar refractivity (Wildman–Crippen MR) is 68.1 cm³/mol. The number of benzene rings is 1. The van der Waals surface area contributed by atoms with Crippen molar-refractivity contribution in [3.05, 3.63) is 29.8 Å². The zero-order valence-corrected chi connectivity index (χ0v) is 10.8. The first kappa shape index (κ1) is 12.6. The first-order valence-electron chi connectivity index (χ1n) is 5.98. The van der Waals surface area contributed by atoms with E-state index in [1.807, 2.05) is 31.2 Å². The van der Waals surface area contributed by atoms with Crippen molar-refractivity contribution < 1.29 is 14.3 Å². The lowest BCUT2D eigenvalue weighted by molar-refractivity contribution is -0.147. The average molecular weight is 247 g/mol. The molecule has 0 radical (unpaired) electrons. The topological polar surface area (TPSA) is 55.4 Å². The smallest absolute Gasteiger partial charge is 0.307 e. The molecule has 1 fully saturated rings. The summed E-state index contributed by atoms with van der Waals surface area (Å²) >= 11 is 0. The van der Waals surface area contributed by atoms with Crippen molar-refractivity contribution in [2.75, 3.05) is 5.32 Å². The normalized spacial score (nSPS) is 21.5. The fraction of sp³-hybridized carbons (Fsp3) is 0.429. The summed E-state index contributed by atoms with van der Waals surface area (Å²) in [5.41, 5.74) is 1.14. The zero-order chi connectivity index (χ0) is 13.3. The Kier molecular flexibility index (Phi) is 3.11. The molecule has 1 aliphatic rings. The van der Waals surface area contributed by atoms with Gasteiger partial charge >= 0.3 is 5.97 Å². The second kappa shape index (κ2) is 4.44. The number of carbonyl (C=O) groups is 2. The maximum Gasteiger partial charge on any atom is 0.307 e. The number of amides is 1. The van der Waals surface area contributed by atoms with Crippen molar-refractivity contribution in [2.45, 2.75) is 32.8 Å². The third-order valence-corrected chi connectivity index (χ3v) is 3.22. The van der Waals surface area contributed by atoms with Crippen molar-refractivity contribution in [1.29, 1.82) is 0 Å². The summed E-state index contributed by atoms with van der Waals surface area (Å²) in [5, 5.41) is 2.82. The predicted octanol–water partition coefficient (Wildman–Crippen LogP) is 2.28. The summed E-state index contributed by atoms with van der Waals surface area (Å²) in [6.07, 6.45) is 0.144. The molecule has 1 aromatic rings. The van der Waals surface area contributed by atoms with Crippen LogP contribution in [0.5, 0.6) is 0 Å². The fourth-order valence-electron chi connectivity index (χ4n) is 2.09. The molecule has 1 aliphatic heterocycles. The lowest BCUT2D eigenvalue weighted by Crippen LogP contribution is -2.36. The van der Waals surface area contributed by atoms with Gasteiger partial charge < -0.3 is 10.1 Å². The van der Waals surface area contributed by atoms with Gasteiger partial charge in [-0.1, -0.05) is 17.7 Å². The van der Waals surface area contributed by atoms with Crippen LogP contribution in [0.1, 0.15) is 25.8 Å². The van der Waals surface area contributed by atoms with Crippen molar-refractivity contribution in [3.63, 3.8) is 0 Å². The molecule has 1 unspecified atom stereocenters. The summed E-state index contributed by atoms with van der Waals surface area (Å²) in [5.74, 6) is -0.926. The van der Waals surface area contributed by atoms with E-state index in [2.05, 4.69) is 5.32 Å². The van der Waals surface area contributed by atoms with E-state index in [-0.39, 0.29) is 18.3 Å². The molecule has 0 bridgehead atoms. The largest absolute Gasteiger partial charge is 0.459 e. The number of rotatable bonds is 2. The number of carbonyl (C=O) groups excluding carboxylic acids is 2. The second-order valence-corrected chi connectivity index (χ2v) is 5.19. The summed E-state index contributed by atoms with van der Waals surface area (Å²) in [7, 11) is 0. The lowest BCUT2D eigenvalue weighted by atomic mass is 9.90. The average Bonchev–Trinajstić information content (AvgIpc) is 2.55. The number of esters is 1. The minimum atomic E-state index is -0.730.